The molecule has 1 unspecified atom stereocenters. The molecule has 0 saturated heterocycles. The van der Waals surface area contributed by atoms with Crippen molar-refractivity contribution < 1.29 is 22.9 Å². The third-order valence-corrected chi connectivity index (χ3v) is 5.56. The maximum absolute atomic E-state index is 14.3. The monoisotopic (exact) mass is 411 g/mol. The summed E-state index contributed by atoms with van der Waals surface area (Å²) in [4.78, 5) is 11.7. The summed E-state index contributed by atoms with van der Waals surface area (Å²) in [6.45, 7) is 6.75. The van der Waals surface area contributed by atoms with Gasteiger partial charge in [0, 0.05) is 23.0 Å². The molecule has 0 aromatic heterocycles. The van der Waals surface area contributed by atoms with Crippen LogP contribution in [0, 0.1) is 11.6 Å². The quantitative estimate of drug-likeness (QED) is 0.457. The van der Waals surface area contributed by atoms with E-state index in [9.17, 15) is 18.1 Å². The van der Waals surface area contributed by atoms with E-state index in [1.54, 1.807) is 20.8 Å². The largest absolute Gasteiger partial charge is 0.598 e. The van der Waals surface area contributed by atoms with Gasteiger partial charge in [-0.2, -0.15) is 0 Å². The average molecular weight is 412 g/mol. The van der Waals surface area contributed by atoms with Crippen LogP contribution in [0.2, 0.25) is 0 Å². The molecule has 8 heteroatoms. The first kappa shape index (κ1) is 20.3. The molecule has 1 N–H and O–H groups in total. The number of carbonyl (C=O) groups is 1. The highest BCUT2D eigenvalue weighted by molar-refractivity contribution is 9.10. The molecule has 2 atom stereocenters. The number of hydrogen-bond acceptors (Lipinski definition) is 4. The third-order valence-electron chi connectivity index (χ3n) is 3.20. The van der Waals surface area contributed by atoms with Crippen molar-refractivity contribution in [1.82, 2.24) is 4.72 Å². The molecule has 0 saturated carbocycles. The lowest BCUT2D eigenvalue weighted by atomic mass is 9.89. The summed E-state index contributed by atoms with van der Waals surface area (Å²) < 4.78 is 47.0. The van der Waals surface area contributed by atoms with Crippen LogP contribution >= 0.6 is 15.9 Å². The highest BCUT2D eigenvalue weighted by Gasteiger charge is 2.41. The Bertz CT molecular complexity index is 595. The fourth-order valence-electron chi connectivity index (χ4n) is 1.85. The lowest BCUT2D eigenvalue weighted by molar-refractivity contribution is -0.142. The first-order valence-electron chi connectivity index (χ1n) is 6.82. The van der Waals surface area contributed by atoms with E-state index in [-0.39, 0.29) is 16.5 Å². The van der Waals surface area contributed by atoms with E-state index in [0.29, 0.717) is 0 Å². The van der Waals surface area contributed by atoms with Gasteiger partial charge in [-0.25, -0.2) is 8.78 Å². The standard InChI is InChI=1S/C15H20BrF2NO3S/c1-14(2,3)23(21)19-15(4,8-13(20)22-5)9-6-10(16)12(18)7-11(9)17/h6-7,19H,8H2,1-5H3/t15-,23?/m0/s1. The Labute approximate surface area is 146 Å². The molecule has 0 amide bonds. The SMILES string of the molecule is COC(=O)C[C@](C)(N[S+]([O-])C(C)(C)C)c1cc(Br)c(F)cc1F. The Morgan fingerprint density at radius 2 is 1.87 bits per heavy atom. The molecule has 23 heavy (non-hydrogen) atoms. The minimum atomic E-state index is -1.58. The highest BCUT2D eigenvalue weighted by atomic mass is 79.9. The van der Waals surface area contributed by atoms with Crippen LogP contribution in [-0.2, 0) is 26.4 Å². The lowest BCUT2D eigenvalue weighted by Crippen LogP contribution is -2.51. The molecule has 0 aliphatic rings. The van der Waals surface area contributed by atoms with Gasteiger partial charge in [-0.05, 0) is 49.7 Å². The number of nitrogens with one attached hydrogen (secondary N) is 1. The van der Waals surface area contributed by atoms with Crippen molar-refractivity contribution in [2.24, 2.45) is 0 Å². The smallest absolute Gasteiger partial charge is 0.307 e. The van der Waals surface area contributed by atoms with Crippen LogP contribution in [-0.4, -0.2) is 22.4 Å². The number of hydrogen-bond donors (Lipinski definition) is 1. The van der Waals surface area contributed by atoms with Gasteiger partial charge in [-0.3, -0.25) is 4.79 Å². The van der Waals surface area contributed by atoms with Crippen molar-refractivity contribution >= 4 is 33.3 Å². The van der Waals surface area contributed by atoms with Gasteiger partial charge in [0.1, 0.15) is 16.4 Å². The maximum atomic E-state index is 14.3. The zero-order valence-electron chi connectivity index (χ0n) is 13.6. The van der Waals surface area contributed by atoms with Gasteiger partial charge in [-0.1, -0.05) is 0 Å². The molecule has 1 rings (SSSR count). The highest BCUT2D eigenvalue weighted by Crippen LogP contribution is 2.33. The van der Waals surface area contributed by atoms with E-state index in [2.05, 4.69) is 25.4 Å². The van der Waals surface area contributed by atoms with Crippen LogP contribution in [0.15, 0.2) is 16.6 Å². The van der Waals surface area contributed by atoms with Crippen LogP contribution in [0.25, 0.3) is 0 Å². The Balaban J connectivity index is 3.34. The van der Waals surface area contributed by atoms with Crippen molar-refractivity contribution in [1.29, 1.82) is 0 Å². The fraction of sp³-hybridized carbons (Fsp3) is 0.533. The summed E-state index contributed by atoms with van der Waals surface area (Å²) in [7, 11) is 1.21. The first-order chi connectivity index (χ1) is 10.4. The van der Waals surface area contributed by atoms with Gasteiger partial charge in [0.25, 0.3) is 0 Å². The summed E-state index contributed by atoms with van der Waals surface area (Å²) in [5.41, 5.74) is -1.31. The summed E-state index contributed by atoms with van der Waals surface area (Å²) >= 11 is 1.42. The Kier molecular flexibility index (Phi) is 6.60. The molecule has 1 aromatic carbocycles. The molecule has 0 bridgehead atoms. The normalized spacial score (nSPS) is 15.9. The van der Waals surface area contributed by atoms with E-state index in [1.165, 1.54) is 20.1 Å². The summed E-state index contributed by atoms with van der Waals surface area (Å²) in [5, 5.41) is 0. The van der Waals surface area contributed by atoms with Crippen LogP contribution in [0.3, 0.4) is 0 Å². The third kappa shape index (κ3) is 5.14. The number of methoxy groups -OCH3 is 1. The van der Waals surface area contributed by atoms with Crippen molar-refractivity contribution in [3.05, 3.63) is 33.8 Å². The Morgan fingerprint density at radius 3 is 2.35 bits per heavy atom. The molecule has 0 radical (unpaired) electrons. The summed E-state index contributed by atoms with van der Waals surface area (Å²) in [5.74, 6) is -2.20. The summed E-state index contributed by atoms with van der Waals surface area (Å²) in [6.07, 6.45) is -0.264. The van der Waals surface area contributed by atoms with Crippen LogP contribution < -0.4 is 4.72 Å². The Morgan fingerprint density at radius 1 is 1.30 bits per heavy atom. The second kappa shape index (κ2) is 7.46. The van der Waals surface area contributed by atoms with Crippen molar-refractivity contribution in [3.63, 3.8) is 0 Å². The van der Waals surface area contributed by atoms with Crippen LogP contribution in [0.1, 0.15) is 39.7 Å². The number of halogens is 3. The van der Waals surface area contributed by atoms with Crippen LogP contribution in [0.5, 0.6) is 0 Å². The number of carbonyl (C=O) groups excluding carboxylic acids is 1. The molecule has 130 valence electrons. The Hall–Kier alpha value is -0.700. The zero-order valence-corrected chi connectivity index (χ0v) is 16.0. The van der Waals surface area contributed by atoms with E-state index >= 15 is 0 Å². The second-order valence-electron chi connectivity index (χ2n) is 6.31. The molecule has 1 aromatic rings. The number of benzene rings is 1. The molecular formula is C15H20BrF2NO3S. The van der Waals surface area contributed by atoms with E-state index in [1.807, 2.05) is 0 Å². The molecule has 4 nitrogen and oxygen atoms in total. The van der Waals surface area contributed by atoms with Gasteiger partial charge < -0.3 is 9.29 Å². The van der Waals surface area contributed by atoms with Crippen LogP contribution in [0.4, 0.5) is 8.78 Å². The molecule has 0 aliphatic heterocycles. The predicted octanol–water partition coefficient (Wildman–Crippen LogP) is 3.56. The van der Waals surface area contributed by atoms with Gasteiger partial charge in [0.05, 0.1) is 23.5 Å². The van der Waals surface area contributed by atoms with E-state index < -0.39 is 39.3 Å². The van der Waals surface area contributed by atoms with Gasteiger partial charge in [-0.15, -0.1) is 4.72 Å². The topological polar surface area (TPSA) is 61.4 Å². The van der Waals surface area contributed by atoms with E-state index in [0.717, 1.165) is 6.07 Å². The van der Waals surface area contributed by atoms with Crippen molar-refractivity contribution in [3.8, 4) is 0 Å². The average Bonchev–Trinajstić information content (AvgIpc) is 2.41. The van der Waals surface area contributed by atoms with Crippen molar-refractivity contribution in [2.75, 3.05) is 7.11 Å². The molecule has 0 aliphatic carbocycles. The minimum absolute atomic E-state index is 0.0220. The van der Waals surface area contributed by atoms with Gasteiger partial charge >= 0.3 is 5.97 Å². The number of ether oxygens (including phenoxy) is 1. The summed E-state index contributed by atoms with van der Waals surface area (Å²) in [6, 6.07) is 1.96. The first-order valence-corrected chi connectivity index (χ1v) is 8.76. The molecule has 0 fully saturated rings. The minimum Gasteiger partial charge on any atom is -0.598 e. The van der Waals surface area contributed by atoms with Gasteiger partial charge in [0.2, 0.25) is 0 Å². The van der Waals surface area contributed by atoms with Crippen molar-refractivity contribution in [2.45, 2.75) is 44.4 Å². The van der Waals surface area contributed by atoms with E-state index in [4.69, 9.17) is 0 Å². The number of esters is 1. The predicted molar refractivity (Wildman–Crippen MR) is 89.1 cm³/mol. The second-order valence-corrected chi connectivity index (χ2v) is 9.14. The molecule has 0 heterocycles. The molecule has 0 spiro atoms. The maximum Gasteiger partial charge on any atom is 0.307 e. The zero-order chi connectivity index (χ0) is 18.0. The fourth-order valence-corrected chi connectivity index (χ4v) is 3.09. The lowest BCUT2D eigenvalue weighted by Gasteiger charge is -2.34. The van der Waals surface area contributed by atoms with Gasteiger partial charge in [0.15, 0.2) is 0 Å². The molecular weight excluding hydrogens is 392 g/mol. The number of rotatable bonds is 5.